The van der Waals surface area contributed by atoms with E-state index in [2.05, 4.69) is 5.10 Å². The van der Waals surface area contributed by atoms with Crippen LogP contribution >= 0.6 is 11.8 Å². The van der Waals surface area contributed by atoms with Gasteiger partial charge in [0.15, 0.2) is 0 Å². The van der Waals surface area contributed by atoms with E-state index in [4.69, 9.17) is 0 Å². The Hall–Kier alpha value is -0.480. The van der Waals surface area contributed by atoms with Crippen LogP contribution in [0.5, 0.6) is 0 Å². The molecule has 1 fully saturated rings. The lowest BCUT2D eigenvalue weighted by molar-refractivity contribution is 0.192. The maximum atomic E-state index is 10.1. The van der Waals surface area contributed by atoms with E-state index >= 15 is 0 Å². The first kappa shape index (κ1) is 12.0. The molecule has 90 valence electrons. The van der Waals surface area contributed by atoms with E-state index in [-0.39, 0.29) is 6.10 Å². The summed E-state index contributed by atoms with van der Waals surface area (Å²) in [7, 11) is 0. The maximum Gasteiger partial charge on any atom is 0.105 e. The van der Waals surface area contributed by atoms with Gasteiger partial charge in [0.2, 0.25) is 0 Å². The molecule has 1 saturated carbocycles. The molecule has 1 aliphatic carbocycles. The summed E-state index contributed by atoms with van der Waals surface area (Å²) in [6.07, 6.45) is 6.77. The summed E-state index contributed by atoms with van der Waals surface area (Å²) in [6, 6.07) is 1.92. The van der Waals surface area contributed by atoms with E-state index in [0.29, 0.717) is 0 Å². The third-order valence-corrected chi connectivity index (χ3v) is 4.63. The summed E-state index contributed by atoms with van der Waals surface area (Å²) in [5, 5.41) is 15.1. The molecule has 3 nitrogen and oxygen atoms in total. The van der Waals surface area contributed by atoms with Crippen molar-refractivity contribution >= 4 is 11.8 Å². The highest BCUT2D eigenvalue weighted by atomic mass is 32.2. The number of aliphatic hydroxyl groups excluding tert-OH is 1. The van der Waals surface area contributed by atoms with Gasteiger partial charge in [-0.15, -0.1) is 0 Å². The molecule has 1 aromatic heterocycles. The monoisotopic (exact) mass is 240 g/mol. The summed E-state index contributed by atoms with van der Waals surface area (Å²) in [6.45, 7) is 2.88. The van der Waals surface area contributed by atoms with Crippen LogP contribution in [0.25, 0.3) is 0 Å². The van der Waals surface area contributed by atoms with Crippen molar-refractivity contribution in [3.05, 3.63) is 18.0 Å². The fourth-order valence-corrected chi connectivity index (χ4v) is 3.55. The molecule has 1 N–H and O–H groups in total. The third kappa shape index (κ3) is 2.80. The number of hydrogen-bond donors (Lipinski definition) is 1. The minimum atomic E-state index is -0.368. The maximum absolute atomic E-state index is 10.1. The zero-order valence-electron chi connectivity index (χ0n) is 9.80. The average molecular weight is 240 g/mol. The molecule has 0 saturated heterocycles. The summed E-state index contributed by atoms with van der Waals surface area (Å²) < 4.78 is 1.87. The van der Waals surface area contributed by atoms with Crippen molar-refractivity contribution in [1.82, 2.24) is 9.78 Å². The molecule has 1 atom stereocenters. The highest BCUT2D eigenvalue weighted by Gasteiger charge is 2.19. The molecule has 1 aromatic rings. The number of aliphatic hydroxyl groups is 1. The number of thioether (sulfide) groups is 1. The lowest BCUT2D eigenvalue weighted by atomic mass is 10.3. The van der Waals surface area contributed by atoms with Gasteiger partial charge in [0.05, 0.1) is 5.69 Å². The Morgan fingerprint density at radius 1 is 1.56 bits per heavy atom. The van der Waals surface area contributed by atoms with E-state index in [1.807, 2.05) is 29.4 Å². The second-order valence-electron chi connectivity index (χ2n) is 4.33. The largest absolute Gasteiger partial charge is 0.386 e. The van der Waals surface area contributed by atoms with Crippen LogP contribution in [-0.2, 0) is 6.54 Å². The topological polar surface area (TPSA) is 38.0 Å². The van der Waals surface area contributed by atoms with Gasteiger partial charge in [-0.2, -0.15) is 16.9 Å². The van der Waals surface area contributed by atoms with Gasteiger partial charge in [0.25, 0.3) is 0 Å². The number of rotatable bonds is 5. The molecular weight excluding hydrogens is 220 g/mol. The molecule has 2 rings (SSSR count). The highest BCUT2D eigenvalue weighted by Crippen LogP contribution is 2.31. The first-order valence-electron chi connectivity index (χ1n) is 6.12. The predicted molar refractivity (Wildman–Crippen MR) is 67.6 cm³/mol. The minimum absolute atomic E-state index is 0.368. The smallest absolute Gasteiger partial charge is 0.105 e. The molecule has 0 spiro atoms. The van der Waals surface area contributed by atoms with Crippen LogP contribution in [0, 0.1) is 0 Å². The number of nitrogens with zero attached hydrogens (tertiary/aromatic N) is 2. The van der Waals surface area contributed by atoms with E-state index in [9.17, 15) is 5.11 Å². The quantitative estimate of drug-likeness (QED) is 0.859. The van der Waals surface area contributed by atoms with Gasteiger partial charge in [0.1, 0.15) is 6.10 Å². The molecule has 1 aliphatic rings. The average Bonchev–Trinajstić information content (AvgIpc) is 2.96. The Labute approximate surface area is 101 Å². The SMILES string of the molecule is CCn1nccc1C(O)CSC1CCCC1. The van der Waals surface area contributed by atoms with Crippen molar-refractivity contribution in [2.75, 3.05) is 5.75 Å². The molecule has 0 bridgehead atoms. The van der Waals surface area contributed by atoms with Crippen molar-refractivity contribution in [3.8, 4) is 0 Å². The first-order chi connectivity index (χ1) is 7.81. The Morgan fingerprint density at radius 3 is 3.00 bits per heavy atom. The molecule has 0 amide bonds. The van der Waals surface area contributed by atoms with Crippen molar-refractivity contribution in [2.45, 2.75) is 50.5 Å². The summed E-state index contributed by atoms with van der Waals surface area (Å²) in [5.74, 6) is 0.802. The third-order valence-electron chi connectivity index (χ3n) is 3.18. The Morgan fingerprint density at radius 2 is 2.31 bits per heavy atom. The summed E-state index contributed by atoms with van der Waals surface area (Å²) in [4.78, 5) is 0. The second-order valence-corrected chi connectivity index (χ2v) is 5.66. The molecule has 1 unspecified atom stereocenters. The van der Waals surface area contributed by atoms with E-state index in [0.717, 1.165) is 23.2 Å². The fraction of sp³-hybridized carbons (Fsp3) is 0.750. The van der Waals surface area contributed by atoms with Gasteiger partial charge in [-0.05, 0) is 25.8 Å². The Kier molecular flexibility index (Phi) is 4.29. The molecule has 4 heteroatoms. The standard InChI is InChI=1S/C12H20N2OS/c1-2-14-11(7-8-13-14)12(15)9-16-10-5-3-4-6-10/h7-8,10,12,15H,2-6,9H2,1H3. The fourth-order valence-electron chi connectivity index (χ4n) is 2.26. The van der Waals surface area contributed by atoms with Crippen LogP contribution in [0.4, 0.5) is 0 Å². The number of aryl methyl sites for hydroxylation is 1. The normalized spacial score (nSPS) is 19.1. The minimum Gasteiger partial charge on any atom is -0.386 e. The van der Waals surface area contributed by atoms with Crippen LogP contribution in [0.1, 0.15) is 44.4 Å². The van der Waals surface area contributed by atoms with Gasteiger partial charge in [-0.25, -0.2) is 0 Å². The van der Waals surface area contributed by atoms with Crippen LogP contribution in [0.2, 0.25) is 0 Å². The van der Waals surface area contributed by atoms with Gasteiger partial charge in [-0.3, -0.25) is 4.68 Å². The van der Waals surface area contributed by atoms with E-state index in [1.54, 1.807) is 6.20 Å². The van der Waals surface area contributed by atoms with E-state index in [1.165, 1.54) is 25.7 Å². The van der Waals surface area contributed by atoms with Gasteiger partial charge in [-0.1, -0.05) is 12.8 Å². The molecular formula is C12H20N2OS. The predicted octanol–water partition coefficient (Wildman–Crippen LogP) is 2.61. The zero-order valence-corrected chi connectivity index (χ0v) is 10.6. The summed E-state index contributed by atoms with van der Waals surface area (Å²) >= 11 is 1.92. The lowest BCUT2D eigenvalue weighted by Gasteiger charge is -2.14. The van der Waals surface area contributed by atoms with Crippen molar-refractivity contribution < 1.29 is 5.11 Å². The zero-order chi connectivity index (χ0) is 11.4. The lowest BCUT2D eigenvalue weighted by Crippen LogP contribution is -2.11. The van der Waals surface area contributed by atoms with Crippen LogP contribution < -0.4 is 0 Å². The molecule has 16 heavy (non-hydrogen) atoms. The molecule has 0 aliphatic heterocycles. The van der Waals surface area contributed by atoms with Crippen LogP contribution in [-0.4, -0.2) is 25.9 Å². The Balaban J connectivity index is 1.84. The van der Waals surface area contributed by atoms with Crippen LogP contribution in [0.15, 0.2) is 12.3 Å². The molecule has 0 radical (unpaired) electrons. The molecule has 1 heterocycles. The molecule has 0 aromatic carbocycles. The van der Waals surface area contributed by atoms with Gasteiger partial charge >= 0.3 is 0 Å². The van der Waals surface area contributed by atoms with Crippen molar-refractivity contribution in [1.29, 1.82) is 0 Å². The van der Waals surface area contributed by atoms with E-state index < -0.39 is 0 Å². The second kappa shape index (κ2) is 5.73. The first-order valence-corrected chi connectivity index (χ1v) is 7.17. The number of hydrogen-bond acceptors (Lipinski definition) is 3. The van der Waals surface area contributed by atoms with Gasteiger partial charge in [0, 0.05) is 23.7 Å². The van der Waals surface area contributed by atoms with Crippen molar-refractivity contribution in [2.24, 2.45) is 0 Å². The number of aromatic nitrogens is 2. The highest BCUT2D eigenvalue weighted by molar-refractivity contribution is 7.99. The van der Waals surface area contributed by atoms with Gasteiger partial charge < -0.3 is 5.11 Å². The summed E-state index contributed by atoms with van der Waals surface area (Å²) in [5.41, 5.74) is 0.952. The Bertz CT molecular complexity index is 321. The van der Waals surface area contributed by atoms with Crippen molar-refractivity contribution in [3.63, 3.8) is 0 Å². The van der Waals surface area contributed by atoms with Crippen LogP contribution in [0.3, 0.4) is 0 Å².